The summed E-state index contributed by atoms with van der Waals surface area (Å²) >= 11 is 0. The Morgan fingerprint density at radius 3 is 2.86 bits per heavy atom. The molecule has 3 heterocycles. The lowest BCUT2D eigenvalue weighted by Gasteiger charge is -2.16. The summed E-state index contributed by atoms with van der Waals surface area (Å²) in [6.45, 7) is 2.17. The van der Waals surface area contributed by atoms with Crippen LogP contribution in [0.3, 0.4) is 0 Å². The normalized spacial score (nSPS) is 26.7. The number of nitrogens with zero attached hydrogens (tertiary/aromatic N) is 3. The van der Waals surface area contributed by atoms with Gasteiger partial charge in [0.15, 0.2) is 9.84 Å². The summed E-state index contributed by atoms with van der Waals surface area (Å²) in [7, 11) is -1.27. The Hall–Kier alpha value is -1.66. The Morgan fingerprint density at radius 1 is 1.29 bits per heavy atom. The zero-order chi connectivity index (χ0) is 14.6. The molecular weight excluding hydrogens is 286 g/mol. The number of aromatic nitrogens is 2. The van der Waals surface area contributed by atoms with Gasteiger partial charge in [0.1, 0.15) is 0 Å². The number of aryl methyl sites for hydroxylation is 1. The number of hydrogen-bond donors (Lipinski definition) is 0. The number of likely N-dealkylation sites (tertiary alicyclic amines) is 1. The monoisotopic (exact) mass is 303 g/mol. The zero-order valence-electron chi connectivity index (χ0n) is 11.8. The van der Waals surface area contributed by atoms with Gasteiger partial charge in [0.05, 0.1) is 16.3 Å². The van der Waals surface area contributed by atoms with Crippen molar-refractivity contribution in [3.63, 3.8) is 0 Å². The van der Waals surface area contributed by atoms with Gasteiger partial charge < -0.3 is 0 Å². The number of benzene rings is 1. The molecule has 1 aromatic carbocycles. The molecule has 110 valence electrons. The van der Waals surface area contributed by atoms with E-state index in [9.17, 15) is 8.42 Å². The quantitative estimate of drug-likeness (QED) is 0.836. The highest BCUT2D eigenvalue weighted by atomic mass is 32.2. The molecule has 21 heavy (non-hydrogen) atoms. The van der Waals surface area contributed by atoms with Crippen LogP contribution >= 0.6 is 0 Å². The summed E-state index contributed by atoms with van der Waals surface area (Å²) in [6.07, 6.45) is 3.83. The molecular formula is C15H17N3O2S. The third kappa shape index (κ3) is 1.93. The molecule has 0 bridgehead atoms. The SMILES string of the molecule is Cn1cc(CN2C[C@H]3c4ccccc4S(=O)(=O)[C@H]3C2)cn1. The standard InChI is InChI=1S/C15H17N3O2S/c1-17-7-11(6-16-17)8-18-9-13-12-4-2-3-5-14(12)21(19,20)15(13)10-18/h2-7,13,15H,8-10H2,1H3/t13-,15-/m0/s1. The summed E-state index contributed by atoms with van der Waals surface area (Å²) in [5.41, 5.74) is 2.12. The molecule has 1 aromatic heterocycles. The number of rotatable bonds is 2. The van der Waals surface area contributed by atoms with E-state index in [1.165, 1.54) is 0 Å². The average molecular weight is 303 g/mol. The lowest BCUT2D eigenvalue weighted by molar-refractivity contribution is 0.325. The first-order chi connectivity index (χ1) is 10.1. The van der Waals surface area contributed by atoms with Crippen molar-refractivity contribution in [2.75, 3.05) is 13.1 Å². The van der Waals surface area contributed by atoms with Gasteiger partial charge in [-0.1, -0.05) is 18.2 Å². The Bertz CT molecular complexity index is 797. The Kier molecular flexibility index (Phi) is 2.74. The first-order valence-electron chi connectivity index (χ1n) is 7.08. The molecule has 4 rings (SSSR count). The second-order valence-corrected chi connectivity index (χ2v) is 8.08. The first-order valence-corrected chi connectivity index (χ1v) is 8.63. The van der Waals surface area contributed by atoms with E-state index < -0.39 is 9.84 Å². The van der Waals surface area contributed by atoms with Crippen LogP contribution in [0.25, 0.3) is 0 Å². The van der Waals surface area contributed by atoms with E-state index in [4.69, 9.17) is 0 Å². The number of fused-ring (bicyclic) bond motifs is 3. The van der Waals surface area contributed by atoms with Crippen LogP contribution in [0.2, 0.25) is 0 Å². The maximum Gasteiger partial charge on any atom is 0.183 e. The number of sulfone groups is 1. The lowest BCUT2D eigenvalue weighted by Crippen LogP contribution is -2.25. The Labute approximate surface area is 124 Å². The fourth-order valence-corrected chi connectivity index (χ4v) is 5.83. The largest absolute Gasteiger partial charge is 0.297 e. The van der Waals surface area contributed by atoms with Crippen molar-refractivity contribution in [1.29, 1.82) is 0 Å². The van der Waals surface area contributed by atoms with Gasteiger partial charge in [-0.3, -0.25) is 9.58 Å². The van der Waals surface area contributed by atoms with Crippen LogP contribution in [-0.2, 0) is 23.4 Å². The highest BCUT2D eigenvalue weighted by Gasteiger charge is 2.49. The molecule has 5 nitrogen and oxygen atoms in total. The predicted molar refractivity (Wildman–Crippen MR) is 78.6 cm³/mol. The van der Waals surface area contributed by atoms with E-state index in [2.05, 4.69) is 10.00 Å². The Morgan fingerprint density at radius 2 is 2.10 bits per heavy atom. The van der Waals surface area contributed by atoms with E-state index in [-0.39, 0.29) is 11.2 Å². The molecule has 0 amide bonds. The topological polar surface area (TPSA) is 55.2 Å². The van der Waals surface area contributed by atoms with Crippen LogP contribution in [0.5, 0.6) is 0 Å². The van der Waals surface area contributed by atoms with Gasteiger partial charge in [-0.2, -0.15) is 5.10 Å². The van der Waals surface area contributed by atoms with Gasteiger partial charge in [0, 0.05) is 44.4 Å². The molecule has 0 spiro atoms. The average Bonchev–Trinajstić information content (AvgIpc) is 3.10. The van der Waals surface area contributed by atoms with Crippen LogP contribution in [0.1, 0.15) is 17.0 Å². The highest BCUT2D eigenvalue weighted by molar-refractivity contribution is 7.92. The second kappa shape index (κ2) is 4.42. The molecule has 0 unspecified atom stereocenters. The summed E-state index contributed by atoms with van der Waals surface area (Å²) in [6, 6.07) is 7.45. The van der Waals surface area contributed by atoms with E-state index in [0.29, 0.717) is 11.4 Å². The first kappa shape index (κ1) is 13.0. The van der Waals surface area contributed by atoms with E-state index >= 15 is 0 Å². The molecule has 0 saturated carbocycles. The van der Waals surface area contributed by atoms with E-state index in [1.54, 1.807) is 10.7 Å². The third-order valence-corrected chi connectivity index (χ3v) is 6.79. The van der Waals surface area contributed by atoms with Gasteiger partial charge in [0.25, 0.3) is 0 Å². The maximum absolute atomic E-state index is 12.6. The van der Waals surface area contributed by atoms with Crippen LogP contribution in [0.15, 0.2) is 41.6 Å². The molecule has 2 aromatic rings. The van der Waals surface area contributed by atoms with Gasteiger partial charge in [-0.25, -0.2) is 8.42 Å². The van der Waals surface area contributed by atoms with Crippen molar-refractivity contribution in [2.24, 2.45) is 7.05 Å². The van der Waals surface area contributed by atoms with E-state index in [1.807, 2.05) is 37.6 Å². The molecule has 6 heteroatoms. The minimum absolute atomic E-state index is 0.114. The van der Waals surface area contributed by atoms with Crippen LogP contribution < -0.4 is 0 Å². The fourth-order valence-electron chi connectivity index (χ4n) is 3.61. The van der Waals surface area contributed by atoms with Crippen molar-refractivity contribution in [2.45, 2.75) is 22.6 Å². The third-order valence-electron chi connectivity index (χ3n) is 4.53. The van der Waals surface area contributed by atoms with Crippen LogP contribution in [0.4, 0.5) is 0 Å². The van der Waals surface area contributed by atoms with Crippen molar-refractivity contribution in [1.82, 2.24) is 14.7 Å². The van der Waals surface area contributed by atoms with Gasteiger partial charge >= 0.3 is 0 Å². The molecule has 2 aliphatic rings. The van der Waals surface area contributed by atoms with Gasteiger partial charge in [-0.15, -0.1) is 0 Å². The fraction of sp³-hybridized carbons (Fsp3) is 0.400. The molecule has 2 atom stereocenters. The number of hydrogen-bond acceptors (Lipinski definition) is 4. The van der Waals surface area contributed by atoms with Crippen molar-refractivity contribution in [3.05, 3.63) is 47.8 Å². The molecule has 0 radical (unpaired) electrons. The summed E-state index contributed by atoms with van der Waals surface area (Å²) in [5.74, 6) is 0.114. The smallest absolute Gasteiger partial charge is 0.183 e. The molecule has 0 aliphatic carbocycles. The molecule has 1 fully saturated rings. The molecule has 1 saturated heterocycles. The zero-order valence-corrected chi connectivity index (χ0v) is 12.6. The highest BCUT2D eigenvalue weighted by Crippen LogP contribution is 2.44. The van der Waals surface area contributed by atoms with Gasteiger partial charge in [0.2, 0.25) is 0 Å². The minimum Gasteiger partial charge on any atom is -0.297 e. The lowest BCUT2D eigenvalue weighted by atomic mass is 9.99. The van der Waals surface area contributed by atoms with Gasteiger partial charge in [-0.05, 0) is 11.6 Å². The Balaban J connectivity index is 1.62. The van der Waals surface area contributed by atoms with Crippen LogP contribution in [-0.4, -0.2) is 41.4 Å². The predicted octanol–water partition coefficient (Wildman–Crippen LogP) is 1.18. The van der Waals surface area contributed by atoms with Crippen molar-refractivity contribution in [3.8, 4) is 0 Å². The van der Waals surface area contributed by atoms with Crippen molar-refractivity contribution < 1.29 is 8.42 Å². The molecule has 2 aliphatic heterocycles. The summed E-state index contributed by atoms with van der Waals surface area (Å²) in [4.78, 5) is 2.76. The maximum atomic E-state index is 12.6. The van der Waals surface area contributed by atoms with Crippen molar-refractivity contribution >= 4 is 9.84 Å². The molecule has 0 N–H and O–H groups in total. The van der Waals surface area contributed by atoms with Crippen LogP contribution in [0, 0.1) is 0 Å². The second-order valence-electron chi connectivity index (χ2n) is 5.94. The minimum atomic E-state index is -3.17. The summed E-state index contributed by atoms with van der Waals surface area (Å²) in [5, 5.41) is 3.88. The van der Waals surface area contributed by atoms with E-state index in [0.717, 1.165) is 24.2 Å². The summed E-state index contributed by atoms with van der Waals surface area (Å²) < 4.78 is 27.0.